The topological polar surface area (TPSA) is 43.4 Å². The lowest BCUT2D eigenvalue weighted by atomic mass is 9.80. The first kappa shape index (κ1) is 24.4. The summed E-state index contributed by atoms with van der Waals surface area (Å²) in [5, 5.41) is 0.496. The zero-order chi connectivity index (χ0) is 23.1. The summed E-state index contributed by atoms with van der Waals surface area (Å²) in [6.45, 7) is 11.1. The molecule has 0 aliphatic heterocycles. The predicted octanol–water partition coefficient (Wildman–Crippen LogP) is 6.90. The third-order valence-corrected chi connectivity index (χ3v) is 14.3. The fourth-order valence-electron chi connectivity index (χ4n) is 4.09. The third kappa shape index (κ3) is 4.63. The molecule has 3 nitrogen and oxygen atoms in total. The molecule has 1 atom stereocenters. The highest BCUT2D eigenvalue weighted by Gasteiger charge is 2.49. The number of halogens is 2. The van der Waals surface area contributed by atoms with Crippen LogP contribution in [0.2, 0.25) is 23.2 Å². The van der Waals surface area contributed by atoms with E-state index >= 15 is 0 Å². The Hall–Kier alpha value is -1.21. The van der Waals surface area contributed by atoms with E-state index in [2.05, 4.69) is 33.9 Å². The standard InChI is InChI=1S/C24H32ClFO3SSi/c1-23(2,3)31(4,5)29-16-15-24(30(27,28)21-12-9-19(25)10-13-21)14-6-7-18-8-11-20(26)17-22(18)24/h8-13,17H,6-7,14-16H2,1-5H3. The van der Waals surface area contributed by atoms with Crippen molar-refractivity contribution in [1.29, 1.82) is 0 Å². The van der Waals surface area contributed by atoms with E-state index in [0.29, 0.717) is 30.0 Å². The highest BCUT2D eigenvalue weighted by atomic mass is 35.5. The Balaban J connectivity index is 2.08. The largest absolute Gasteiger partial charge is 0.417 e. The van der Waals surface area contributed by atoms with Gasteiger partial charge in [0.25, 0.3) is 0 Å². The fraction of sp³-hybridized carbons (Fsp3) is 0.500. The van der Waals surface area contributed by atoms with E-state index in [0.717, 1.165) is 18.4 Å². The molecule has 0 saturated heterocycles. The minimum atomic E-state index is -3.81. The summed E-state index contributed by atoms with van der Waals surface area (Å²) in [6.07, 6.45) is 2.21. The quantitative estimate of drug-likeness (QED) is 0.420. The van der Waals surface area contributed by atoms with Gasteiger partial charge in [-0.05, 0) is 91.3 Å². The Bertz CT molecular complexity index is 1050. The molecule has 1 aliphatic rings. The molecule has 0 bridgehead atoms. The molecule has 2 aromatic rings. The Morgan fingerprint density at radius 2 is 1.77 bits per heavy atom. The normalized spacial score (nSPS) is 19.8. The van der Waals surface area contributed by atoms with Gasteiger partial charge in [-0.3, -0.25) is 0 Å². The number of hydrogen-bond donors (Lipinski definition) is 0. The van der Waals surface area contributed by atoms with Gasteiger partial charge in [0.15, 0.2) is 18.2 Å². The first-order valence-corrected chi connectivity index (χ1v) is 15.5. The minimum absolute atomic E-state index is 0.0196. The van der Waals surface area contributed by atoms with Gasteiger partial charge in [-0.25, -0.2) is 12.8 Å². The first-order valence-electron chi connectivity index (χ1n) is 10.7. The Morgan fingerprint density at radius 3 is 2.39 bits per heavy atom. The second-order valence-electron chi connectivity index (χ2n) is 9.97. The molecule has 7 heteroatoms. The van der Waals surface area contributed by atoms with Crippen LogP contribution in [0.1, 0.15) is 51.2 Å². The summed E-state index contributed by atoms with van der Waals surface area (Å²) in [4.78, 5) is 0.210. The molecule has 0 aromatic heterocycles. The van der Waals surface area contributed by atoms with Crippen LogP contribution >= 0.6 is 11.6 Å². The van der Waals surface area contributed by atoms with E-state index in [1.165, 1.54) is 12.1 Å². The first-order chi connectivity index (χ1) is 14.3. The van der Waals surface area contributed by atoms with E-state index in [-0.39, 0.29) is 9.93 Å². The minimum Gasteiger partial charge on any atom is -0.417 e. The molecule has 0 spiro atoms. The number of rotatable bonds is 6. The third-order valence-electron chi connectivity index (χ3n) is 7.00. The van der Waals surface area contributed by atoms with E-state index < -0.39 is 28.7 Å². The Kier molecular flexibility index (Phi) is 6.79. The van der Waals surface area contributed by atoms with Crippen molar-refractivity contribution in [2.24, 2.45) is 0 Å². The zero-order valence-corrected chi connectivity index (χ0v) is 21.5. The number of sulfone groups is 1. The smallest absolute Gasteiger partial charge is 0.191 e. The van der Waals surface area contributed by atoms with Crippen LogP contribution in [0.25, 0.3) is 0 Å². The molecule has 2 aromatic carbocycles. The van der Waals surface area contributed by atoms with Crippen molar-refractivity contribution in [3.05, 3.63) is 64.4 Å². The van der Waals surface area contributed by atoms with Gasteiger partial charge in [0, 0.05) is 11.6 Å². The van der Waals surface area contributed by atoms with Crippen molar-refractivity contribution < 1.29 is 17.2 Å². The molecule has 0 amide bonds. The average molecular weight is 483 g/mol. The van der Waals surface area contributed by atoms with Crippen molar-refractivity contribution in [3.8, 4) is 0 Å². The Labute approximate surface area is 192 Å². The van der Waals surface area contributed by atoms with Gasteiger partial charge in [-0.15, -0.1) is 0 Å². The van der Waals surface area contributed by atoms with Crippen LogP contribution in [0.15, 0.2) is 47.4 Å². The van der Waals surface area contributed by atoms with E-state index in [9.17, 15) is 12.8 Å². The number of hydrogen-bond acceptors (Lipinski definition) is 3. The maximum atomic E-state index is 14.3. The summed E-state index contributed by atoms with van der Waals surface area (Å²) in [7, 11) is -5.87. The van der Waals surface area contributed by atoms with E-state index in [1.807, 2.05) is 0 Å². The molecule has 0 heterocycles. The summed E-state index contributed by atoms with van der Waals surface area (Å²) >= 11 is 6.00. The highest BCUT2D eigenvalue weighted by molar-refractivity contribution is 7.92. The molecule has 0 fully saturated rings. The van der Waals surface area contributed by atoms with Gasteiger partial charge in [0.05, 0.1) is 4.90 Å². The zero-order valence-electron chi connectivity index (χ0n) is 19.0. The second kappa shape index (κ2) is 8.62. The van der Waals surface area contributed by atoms with E-state index in [4.69, 9.17) is 16.0 Å². The van der Waals surface area contributed by atoms with Gasteiger partial charge >= 0.3 is 0 Å². The predicted molar refractivity (Wildman–Crippen MR) is 127 cm³/mol. The van der Waals surface area contributed by atoms with Gasteiger partial charge in [-0.1, -0.05) is 38.4 Å². The molecule has 0 N–H and O–H groups in total. The second-order valence-corrected chi connectivity index (χ2v) is 17.5. The van der Waals surface area contributed by atoms with Crippen LogP contribution in [-0.2, 0) is 25.4 Å². The van der Waals surface area contributed by atoms with Crippen molar-refractivity contribution in [3.63, 3.8) is 0 Å². The highest BCUT2D eigenvalue weighted by Crippen LogP contribution is 2.48. The van der Waals surface area contributed by atoms with Crippen LogP contribution in [-0.4, -0.2) is 23.3 Å². The maximum absolute atomic E-state index is 14.3. The molecule has 31 heavy (non-hydrogen) atoms. The lowest BCUT2D eigenvalue weighted by Crippen LogP contribution is -2.44. The van der Waals surface area contributed by atoms with Crippen LogP contribution < -0.4 is 0 Å². The molecule has 170 valence electrons. The molecule has 0 radical (unpaired) electrons. The molecule has 3 rings (SSSR count). The number of fused-ring (bicyclic) bond motifs is 1. The molecule has 1 unspecified atom stereocenters. The lowest BCUT2D eigenvalue weighted by Gasteiger charge is -2.41. The van der Waals surface area contributed by atoms with Gasteiger partial charge in [-0.2, -0.15) is 0 Å². The molecule has 1 aliphatic carbocycles. The van der Waals surface area contributed by atoms with Crippen LogP contribution in [0.4, 0.5) is 4.39 Å². The molecule has 0 saturated carbocycles. The molecular weight excluding hydrogens is 451 g/mol. The average Bonchev–Trinajstić information content (AvgIpc) is 2.67. The van der Waals surface area contributed by atoms with E-state index in [1.54, 1.807) is 30.3 Å². The van der Waals surface area contributed by atoms with Crippen LogP contribution in [0.3, 0.4) is 0 Å². The number of aryl methyl sites for hydroxylation is 1. The van der Waals surface area contributed by atoms with Crippen molar-refractivity contribution in [1.82, 2.24) is 0 Å². The lowest BCUT2D eigenvalue weighted by molar-refractivity contribution is 0.253. The fourth-order valence-corrected chi connectivity index (χ4v) is 7.45. The summed E-state index contributed by atoms with van der Waals surface area (Å²) in [5.74, 6) is -0.415. The maximum Gasteiger partial charge on any atom is 0.191 e. The summed E-state index contributed by atoms with van der Waals surface area (Å²) in [5.41, 5.74) is 1.48. The van der Waals surface area contributed by atoms with Gasteiger partial charge in [0.1, 0.15) is 10.6 Å². The van der Waals surface area contributed by atoms with Crippen molar-refractivity contribution >= 4 is 29.8 Å². The van der Waals surface area contributed by atoms with Crippen LogP contribution in [0, 0.1) is 5.82 Å². The number of benzene rings is 2. The summed E-state index contributed by atoms with van der Waals surface area (Å²) in [6, 6.07) is 10.8. The monoisotopic (exact) mass is 482 g/mol. The Morgan fingerprint density at radius 1 is 1.13 bits per heavy atom. The molecular formula is C24H32ClFO3SSi. The van der Waals surface area contributed by atoms with Crippen molar-refractivity contribution in [2.45, 2.75) is 74.2 Å². The van der Waals surface area contributed by atoms with Gasteiger partial charge in [0.2, 0.25) is 0 Å². The van der Waals surface area contributed by atoms with Crippen LogP contribution in [0.5, 0.6) is 0 Å². The van der Waals surface area contributed by atoms with Gasteiger partial charge < -0.3 is 4.43 Å². The van der Waals surface area contributed by atoms with Crippen molar-refractivity contribution in [2.75, 3.05) is 6.61 Å². The SMILES string of the molecule is CC(C)(C)[Si](C)(C)OCCC1(S(=O)(=O)c2ccc(Cl)cc2)CCCc2ccc(F)cc21. The summed E-state index contributed by atoms with van der Waals surface area (Å²) < 4.78 is 47.5.